The predicted molar refractivity (Wildman–Crippen MR) is 393 cm³/mol. The summed E-state index contributed by atoms with van der Waals surface area (Å²) in [6, 6.07) is 0. The van der Waals surface area contributed by atoms with E-state index in [0.717, 1.165) is 42.5 Å². The van der Waals surface area contributed by atoms with Crippen LogP contribution in [0.2, 0.25) is 0 Å². The largest absolute Gasteiger partial charge is 0.455 e. The van der Waals surface area contributed by atoms with Gasteiger partial charge in [0.2, 0.25) is 0 Å². The fourth-order valence-electron chi connectivity index (χ4n) is 20.9. The zero-order valence-electron chi connectivity index (χ0n) is 64.9. The maximum atomic E-state index is 12.1. The zero-order chi connectivity index (χ0) is 87.8. The minimum Gasteiger partial charge on any atom is -0.455 e. The van der Waals surface area contributed by atoms with Crippen LogP contribution in [0.5, 0.6) is 0 Å². The van der Waals surface area contributed by atoms with Crippen LogP contribution in [-0.4, -0.2) is 305 Å². The molecule has 14 bridgehead atoms. The predicted octanol–water partition coefficient (Wildman–Crippen LogP) is -1.70. The number of carbonyl (C=O) groups excluding carboxylic acids is 7. The first-order chi connectivity index (χ1) is 55.7. The molecule has 37 atom stereocenters. The maximum Gasteiger partial charge on any atom is 0.330 e. The smallest absolute Gasteiger partial charge is 0.330 e. The Kier molecular flexibility index (Phi) is 21.6. The standard InChI is InChI=1S/C12H16O6S.5C10H12O6S.C9H10O6S/c1-5-7(13)16-9-8-10-12(4,18-19(8,14)15)6(2)11(9,3)17-10;1-3-7(11)14-8-5-4-6-10(2,15-5)9(8)17(12,13)16-6;1-3-7(11)15-10(2)6-4-5-8(14-6)9(10)17(12,13)16-5;1-3-6(11)14-9-8-7-5(16-17(8,12)13)4-10(9,2)15-7;1-3-6(11)15-7-5-4-10(2)9(14-5)8(7)17(12,13)16-10;1-3-5(11)14-8-6-4(2)7-9(15-6)10(8)17(12,13)16-7;1-2-6(10)14-7-4-3-5-8(13-4)9(7)16(11,12)15-5/h5-6,8-10H,1H2,2-4H3;2*3,5-6,8-9H,1,4H2,2H3;2*3,5,7-9H,1,4H2,2H3;3-4,6-10H,1H2,2H3;2,4-5,7-9H,1,3H2. The Bertz CT molecular complexity index is 5230. The molecule has 21 heterocycles. The van der Waals surface area contributed by atoms with E-state index in [1.807, 2.05) is 13.8 Å². The van der Waals surface area contributed by atoms with Crippen molar-refractivity contribution < 1.29 is 188 Å². The summed E-state index contributed by atoms with van der Waals surface area (Å²) in [4.78, 5) is 78.7. The molecule has 21 aliphatic heterocycles. The maximum absolute atomic E-state index is 12.1. The molecule has 0 saturated carbocycles. The minimum absolute atomic E-state index is 0.101. The van der Waals surface area contributed by atoms with E-state index in [2.05, 4.69) is 46.1 Å². The van der Waals surface area contributed by atoms with E-state index in [1.54, 1.807) is 41.5 Å². The highest BCUT2D eigenvalue weighted by atomic mass is 32.2. The molecule has 21 fully saturated rings. The van der Waals surface area contributed by atoms with Crippen molar-refractivity contribution >= 4 is 113 Å². The van der Waals surface area contributed by atoms with E-state index in [1.165, 1.54) is 0 Å². The van der Waals surface area contributed by atoms with Gasteiger partial charge in [-0.3, -0.25) is 29.3 Å². The molecule has 0 N–H and O–H groups in total. The van der Waals surface area contributed by atoms with Crippen molar-refractivity contribution in [1.29, 1.82) is 0 Å². The van der Waals surface area contributed by atoms with Crippen LogP contribution < -0.4 is 0 Å². The molecule has 0 aromatic heterocycles. The molecule has 120 heavy (non-hydrogen) atoms. The fourth-order valence-corrected chi connectivity index (χ4v) is 34.5. The number of carbonyl (C=O) groups is 7. The molecule has 21 rings (SSSR count). The normalized spacial score (nSPS) is 49.5. The third kappa shape index (κ3) is 13.6. The van der Waals surface area contributed by atoms with Crippen LogP contribution in [0.25, 0.3) is 0 Å². The lowest BCUT2D eigenvalue weighted by molar-refractivity contribution is -0.156. The lowest BCUT2D eigenvalue weighted by Gasteiger charge is -2.37. The highest BCUT2D eigenvalue weighted by Gasteiger charge is 2.82. The van der Waals surface area contributed by atoms with Gasteiger partial charge in [-0.25, -0.2) is 33.6 Å². The molecule has 0 radical (unpaired) electrons. The van der Waals surface area contributed by atoms with Crippen LogP contribution in [0, 0.1) is 11.8 Å². The molecule has 42 nitrogen and oxygen atoms in total. The molecule has 0 aromatic carbocycles. The van der Waals surface area contributed by atoms with Gasteiger partial charge in [0.15, 0.2) is 79.0 Å². The van der Waals surface area contributed by atoms with Gasteiger partial charge in [-0.15, -0.1) is 0 Å². The van der Waals surface area contributed by atoms with Gasteiger partial charge in [-0.2, -0.15) is 58.9 Å². The summed E-state index contributed by atoms with van der Waals surface area (Å²) in [6.45, 7) is 36.9. The first-order valence-corrected chi connectivity index (χ1v) is 47.9. The Morgan fingerprint density at radius 1 is 0.333 bits per heavy atom. The number of ether oxygens (including phenoxy) is 14. The molecule has 0 amide bonds. The van der Waals surface area contributed by atoms with Crippen molar-refractivity contribution in [3.8, 4) is 0 Å². The summed E-state index contributed by atoms with van der Waals surface area (Å²) in [5.74, 6) is -4.83. The first-order valence-electron chi connectivity index (χ1n) is 37.6. The second-order valence-corrected chi connectivity index (χ2v) is 45.2. The van der Waals surface area contributed by atoms with Crippen molar-refractivity contribution in [2.24, 2.45) is 11.8 Å². The zero-order valence-corrected chi connectivity index (χ0v) is 70.6. The molecule has 0 aliphatic carbocycles. The number of rotatable bonds is 14. The molecule has 21 saturated heterocycles. The Morgan fingerprint density at radius 2 is 0.817 bits per heavy atom. The van der Waals surface area contributed by atoms with Gasteiger partial charge in [0.1, 0.15) is 107 Å². The highest BCUT2D eigenvalue weighted by Crippen LogP contribution is 2.63. The van der Waals surface area contributed by atoms with Crippen molar-refractivity contribution in [3.63, 3.8) is 0 Å². The Labute approximate surface area is 689 Å². The summed E-state index contributed by atoms with van der Waals surface area (Å²) < 4.78 is 276. The summed E-state index contributed by atoms with van der Waals surface area (Å²) in [5.41, 5.74) is -5.38. The number of fused-ring (bicyclic) bond motifs is 7. The molecule has 0 spiro atoms. The molecule has 0 aromatic rings. The summed E-state index contributed by atoms with van der Waals surface area (Å²) in [5, 5.41) is -6.39. The van der Waals surface area contributed by atoms with E-state index >= 15 is 0 Å². The van der Waals surface area contributed by atoms with Crippen LogP contribution in [-0.2, 0) is 200 Å². The summed E-state index contributed by atoms with van der Waals surface area (Å²) in [6.07, 6.45) is -2.95. The highest BCUT2D eigenvalue weighted by molar-refractivity contribution is 7.89. The van der Waals surface area contributed by atoms with Gasteiger partial charge in [0.25, 0.3) is 70.8 Å². The fraction of sp³-hybridized carbons (Fsp3) is 0.704. The van der Waals surface area contributed by atoms with Gasteiger partial charge in [0, 0.05) is 86.5 Å². The van der Waals surface area contributed by atoms with Crippen LogP contribution in [0.4, 0.5) is 0 Å². The molecule has 49 heteroatoms. The third-order valence-corrected chi connectivity index (χ3v) is 38.7. The van der Waals surface area contributed by atoms with E-state index in [-0.39, 0.29) is 17.9 Å². The van der Waals surface area contributed by atoms with Crippen molar-refractivity contribution in [2.45, 2.75) is 292 Å². The lowest BCUT2D eigenvalue weighted by Crippen LogP contribution is -2.56. The summed E-state index contributed by atoms with van der Waals surface area (Å²) >= 11 is 0. The van der Waals surface area contributed by atoms with E-state index in [9.17, 15) is 92.5 Å². The monoisotopic (exact) mass is 1830 g/mol. The van der Waals surface area contributed by atoms with Crippen LogP contribution >= 0.6 is 0 Å². The molecule has 37 unspecified atom stereocenters. The second kappa shape index (κ2) is 29.3. The first kappa shape index (κ1) is 88.4. The Balaban J connectivity index is 0.000000109. The minimum atomic E-state index is -3.80. The van der Waals surface area contributed by atoms with Gasteiger partial charge in [-0.1, -0.05) is 59.9 Å². The molecule has 21 aliphatic rings. The number of hydrogen-bond acceptors (Lipinski definition) is 42. The third-order valence-electron chi connectivity index (χ3n) is 26.3. The van der Waals surface area contributed by atoms with E-state index < -0.39 is 311 Å². The van der Waals surface area contributed by atoms with E-state index in [0.29, 0.717) is 32.1 Å². The average Bonchev–Trinajstić information content (AvgIpc) is 1.49. The van der Waals surface area contributed by atoms with Crippen molar-refractivity contribution in [3.05, 3.63) is 88.6 Å². The van der Waals surface area contributed by atoms with Crippen LogP contribution in [0.15, 0.2) is 88.6 Å². The lowest BCUT2D eigenvalue weighted by atomic mass is 9.70. The van der Waals surface area contributed by atoms with Gasteiger partial charge >= 0.3 is 41.8 Å². The van der Waals surface area contributed by atoms with Crippen molar-refractivity contribution in [1.82, 2.24) is 0 Å². The molecular formula is C71H86O42S7. The van der Waals surface area contributed by atoms with Gasteiger partial charge in [-0.05, 0) is 41.5 Å². The van der Waals surface area contributed by atoms with Gasteiger partial charge < -0.3 is 66.3 Å². The molecule has 664 valence electrons. The SMILES string of the molecule is C=CC(=O)OC1(C)C2CC3OS(=O)(=O)C1C3O2.C=CC(=O)OC1C2C3OC1(C)C(C)C3(C)OS2(=O)=O.C=CC(=O)OC1C2C3OC1(C)CC3OS2(=O)=O.C=CC(=O)OC1C2CC3(C)OS(=O)(=O)C1C3O2.C=CC(=O)OC1C2CC3OS(=O)(=O)C1C3(C)O2.C=CC(=O)OC1C2CC3OS(=O)(=O)C1C3O2.C=CC(=O)OC1C2OC3C(OS(=O)(=O)C13)C2C. The van der Waals surface area contributed by atoms with Crippen molar-refractivity contribution in [2.75, 3.05) is 0 Å². The number of esters is 7. The van der Waals surface area contributed by atoms with Crippen LogP contribution in [0.3, 0.4) is 0 Å². The van der Waals surface area contributed by atoms with Crippen LogP contribution in [0.1, 0.15) is 87.5 Å². The topological polar surface area (TPSA) is 552 Å². The van der Waals surface area contributed by atoms with Gasteiger partial charge in [0.05, 0.1) is 18.3 Å². The summed E-state index contributed by atoms with van der Waals surface area (Å²) in [7, 11) is -26.1. The number of hydrogen-bond donors (Lipinski definition) is 0. The van der Waals surface area contributed by atoms with E-state index in [4.69, 9.17) is 95.6 Å². The Morgan fingerprint density at radius 3 is 1.42 bits per heavy atom. The molecular weight excluding hydrogens is 1750 g/mol. The Hall–Kier alpha value is -6.44. The quantitative estimate of drug-likeness (QED) is 0.0809. The second-order valence-electron chi connectivity index (χ2n) is 33.2. The average molecular weight is 1840 g/mol.